The highest BCUT2D eigenvalue weighted by molar-refractivity contribution is 5.62. The van der Waals surface area contributed by atoms with Gasteiger partial charge >= 0.3 is 6.18 Å². The summed E-state index contributed by atoms with van der Waals surface area (Å²) in [7, 11) is 0. The number of aromatic amines is 1. The van der Waals surface area contributed by atoms with E-state index in [1.165, 1.54) is 24.5 Å². The molecule has 4 nitrogen and oxygen atoms in total. The fraction of sp³-hybridized carbons (Fsp3) is 0.300. The molecule has 0 aliphatic carbocycles. The SMILES string of the molecule is FC(F)(F)c1cccc(-c2nc(-c3cccc(CN4CCCC4)c3)n[nH]2)c1. The van der Waals surface area contributed by atoms with E-state index in [0.717, 1.165) is 37.3 Å². The lowest BCUT2D eigenvalue weighted by molar-refractivity contribution is -0.137. The van der Waals surface area contributed by atoms with E-state index in [1.54, 1.807) is 6.07 Å². The van der Waals surface area contributed by atoms with E-state index in [9.17, 15) is 13.2 Å². The molecule has 1 aromatic heterocycles. The summed E-state index contributed by atoms with van der Waals surface area (Å²) in [5.74, 6) is 0.798. The van der Waals surface area contributed by atoms with Gasteiger partial charge in [-0.15, -0.1) is 0 Å². The predicted octanol–water partition coefficient (Wildman–Crippen LogP) is 4.75. The molecule has 0 spiro atoms. The van der Waals surface area contributed by atoms with Gasteiger partial charge in [0.25, 0.3) is 0 Å². The van der Waals surface area contributed by atoms with E-state index in [0.29, 0.717) is 17.2 Å². The molecule has 1 aliphatic heterocycles. The molecule has 1 fully saturated rings. The van der Waals surface area contributed by atoms with Crippen molar-refractivity contribution >= 4 is 0 Å². The number of hydrogen-bond donors (Lipinski definition) is 1. The van der Waals surface area contributed by atoms with Crippen molar-refractivity contribution in [2.45, 2.75) is 25.6 Å². The summed E-state index contributed by atoms with van der Waals surface area (Å²) in [5, 5.41) is 6.95. The smallest absolute Gasteiger partial charge is 0.299 e. The molecular formula is C20H19F3N4. The van der Waals surface area contributed by atoms with Crippen LogP contribution in [0, 0.1) is 0 Å². The highest BCUT2D eigenvalue weighted by Gasteiger charge is 2.30. The van der Waals surface area contributed by atoms with Gasteiger partial charge in [0.15, 0.2) is 11.6 Å². The molecule has 2 aromatic carbocycles. The fourth-order valence-electron chi connectivity index (χ4n) is 3.37. The van der Waals surface area contributed by atoms with E-state index < -0.39 is 11.7 Å². The van der Waals surface area contributed by atoms with E-state index in [-0.39, 0.29) is 0 Å². The summed E-state index contributed by atoms with van der Waals surface area (Å²) >= 11 is 0. The second kappa shape index (κ2) is 7.15. The molecule has 7 heteroatoms. The van der Waals surface area contributed by atoms with Crippen molar-refractivity contribution in [1.82, 2.24) is 20.1 Å². The number of likely N-dealkylation sites (tertiary alicyclic amines) is 1. The minimum Gasteiger partial charge on any atom is -0.299 e. The maximum absolute atomic E-state index is 12.9. The van der Waals surface area contributed by atoms with Crippen LogP contribution in [0.2, 0.25) is 0 Å². The topological polar surface area (TPSA) is 44.8 Å². The van der Waals surface area contributed by atoms with E-state index in [2.05, 4.69) is 26.1 Å². The van der Waals surface area contributed by atoms with Gasteiger partial charge in [-0.25, -0.2) is 4.98 Å². The number of nitrogens with zero attached hydrogens (tertiary/aromatic N) is 3. The third-order valence-electron chi connectivity index (χ3n) is 4.74. The third-order valence-corrected chi connectivity index (χ3v) is 4.74. The van der Waals surface area contributed by atoms with Gasteiger partial charge in [-0.2, -0.15) is 18.3 Å². The molecule has 0 radical (unpaired) electrons. The van der Waals surface area contributed by atoms with Crippen molar-refractivity contribution in [2.75, 3.05) is 13.1 Å². The van der Waals surface area contributed by atoms with Crippen LogP contribution in [-0.2, 0) is 12.7 Å². The second-order valence-corrected chi connectivity index (χ2v) is 6.77. The largest absolute Gasteiger partial charge is 0.416 e. The van der Waals surface area contributed by atoms with Crippen LogP contribution in [0.1, 0.15) is 24.0 Å². The Hall–Kier alpha value is -2.67. The average Bonchev–Trinajstić information content (AvgIpc) is 3.33. The molecule has 140 valence electrons. The lowest BCUT2D eigenvalue weighted by Crippen LogP contribution is -2.18. The van der Waals surface area contributed by atoms with Crippen LogP contribution in [0.3, 0.4) is 0 Å². The lowest BCUT2D eigenvalue weighted by atomic mass is 10.1. The molecule has 27 heavy (non-hydrogen) atoms. The minimum atomic E-state index is -4.39. The predicted molar refractivity (Wildman–Crippen MR) is 96.8 cm³/mol. The maximum atomic E-state index is 12.9. The zero-order valence-corrected chi connectivity index (χ0v) is 14.6. The van der Waals surface area contributed by atoms with Gasteiger partial charge in [-0.05, 0) is 49.7 Å². The zero-order chi connectivity index (χ0) is 18.9. The van der Waals surface area contributed by atoms with E-state index >= 15 is 0 Å². The highest BCUT2D eigenvalue weighted by atomic mass is 19.4. The summed E-state index contributed by atoms with van der Waals surface area (Å²) in [6, 6.07) is 13.1. The monoisotopic (exact) mass is 372 g/mol. The van der Waals surface area contributed by atoms with Gasteiger partial charge in [0, 0.05) is 17.7 Å². The number of alkyl halides is 3. The number of rotatable bonds is 4. The Morgan fingerprint density at radius 2 is 1.70 bits per heavy atom. The van der Waals surface area contributed by atoms with Crippen LogP contribution in [-0.4, -0.2) is 33.2 Å². The van der Waals surface area contributed by atoms with Crippen molar-refractivity contribution in [1.29, 1.82) is 0 Å². The quantitative estimate of drug-likeness (QED) is 0.719. The lowest BCUT2D eigenvalue weighted by Gasteiger charge is -2.14. The first-order chi connectivity index (χ1) is 13.0. The average molecular weight is 372 g/mol. The fourth-order valence-corrected chi connectivity index (χ4v) is 3.37. The second-order valence-electron chi connectivity index (χ2n) is 6.77. The Morgan fingerprint density at radius 3 is 2.48 bits per heavy atom. The Kier molecular flexibility index (Phi) is 4.70. The van der Waals surface area contributed by atoms with Crippen LogP contribution >= 0.6 is 0 Å². The normalized spacial score (nSPS) is 15.4. The summed E-state index contributed by atoms with van der Waals surface area (Å²) in [6.45, 7) is 3.12. The first kappa shape index (κ1) is 17.7. The molecule has 4 rings (SSSR count). The van der Waals surface area contributed by atoms with Gasteiger partial charge in [-0.1, -0.05) is 30.3 Å². The molecule has 2 heterocycles. The minimum absolute atomic E-state index is 0.320. The van der Waals surface area contributed by atoms with Gasteiger partial charge in [-0.3, -0.25) is 10.00 Å². The Balaban J connectivity index is 1.58. The molecule has 1 saturated heterocycles. The third kappa shape index (κ3) is 4.03. The number of halogens is 3. The number of nitrogens with one attached hydrogen (secondary N) is 1. The Morgan fingerprint density at radius 1 is 0.963 bits per heavy atom. The molecule has 0 unspecified atom stereocenters. The van der Waals surface area contributed by atoms with Crippen LogP contribution < -0.4 is 0 Å². The summed E-state index contributed by atoms with van der Waals surface area (Å²) in [5.41, 5.74) is 1.68. The van der Waals surface area contributed by atoms with Gasteiger partial charge in [0.05, 0.1) is 5.56 Å². The summed E-state index contributed by atoms with van der Waals surface area (Å²) < 4.78 is 38.7. The van der Waals surface area contributed by atoms with Crippen molar-refractivity contribution in [3.8, 4) is 22.8 Å². The van der Waals surface area contributed by atoms with Crippen LogP contribution in [0.4, 0.5) is 13.2 Å². The first-order valence-electron chi connectivity index (χ1n) is 8.91. The van der Waals surface area contributed by atoms with Gasteiger partial charge in [0.1, 0.15) is 0 Å². The summed E-state index contributed by atoms with van der Waals surface area (Å²) in [6.07, 6.45) is -1.91. The standard InChI is InChI=1S/C20H19F3N4/c21-20(22,23)17-8-4-7-16(12-17)19-24-18(25-26-19)15-6-3-5-14(11-15)13-27-9-1-2-10-27/h3-8,11-12H,1-2,9-10,13H2,(H,24,25,26). The van der Waals surface area contributed by atoms with Crippen molar-refractivity contribution in [3.05, 3.63) is 59.7 Å². The highest BCUT2D eigenvalue weighted by Crippen LogP contribution is 2.31. The molecular weight excluding hydrogens is 353 g/mol. The van der Waals surface area contributed by atoms with Crippen molar-refractivity contribution < 1.29 is 13.2 Å². The number of aromatic nitrogens is 3. The van der Waals surface area contributed by atoms with Crippen LogP contribution in [0.25, 0.3) is 22.8 Å². The van der Waals surface area contributed by atoms with Crippen LogP contribution in [0.15, 0.2) is 48.5 Å². The molecule has 0 atom stereocenters. The molecule has 0 amide bonds. The first-order valence-corrected chi connectivity index (χ1v) is 8.91. The number of H-pyrrole nitrogens is 1. The van der Waals surface area contributed by atoms with Crippen molar-refractivity contribution in [2.24, 2.45) is 0 Å². The molecule has 1 aliphatic rings. The number of hydrogen-bond acceptors (Lipinski definition) is 3. The molecule has 0 saturated carbocycles. The van der Waals surface area contributed by atoms with E-state index in [1.807, 2.05) is 18.2 Å². The van der Waals surface area contributed by atoms with E-state index in [4.69, 9.17) is 0 Å². The number of benzene rings is 2. The molecule has 0 bridgehead atoms. The molecule has 3 aromatic rings. The van der Waals surface area contributed by atoms with Gasteiger partial charge < -0.3 is 0 Å². The van der Waals surface area contributed by atoms with Crippen molar-refractivity contribution in [3.63, 3.8) is 0 Å². The van der Waals surface area contributed by atoms with Crippen LogP contribution in [0.5, 0.6) is 0 Å². The zero-order valence-electron chi connectivity index (χ0n) is 14.6. The Labute approximate surface area is 155 Å². The Bertz CT molecular complexity index is 927. The maximum Gasteiger partial charge on any atom is 0.416 e. The van der Waals surface area contributed by atoms with Gasteiger partial charge in [0.2, 0.25) is 0 Å². The summed E-state index contributed by atoms with van der Waals surface area (Å²) in [4.78, 5) is 6.81. The molecule has 1 N–H and O–H groups in total.